The van der Waals surface area contributed by atoms with Crippen molar-refractivity contribution in [1.82, 2.24) is 0 Å². The lowest BCUT2D eigenvalue weighted by Crippen LogP contribution is -2.10. The van der Waals surface area contributed by atoms with Crippen molar-refractivity contribution in [2.24, 2.45) is 0 Å². The fraction of sp³-hybridized carbons (Fsp3) is 0.125. The van der Waals surface area contributed by atoms with Crippen molar-refractivity contribution in [2.45, 2.75) is 20.5 Å². The molecule has 0 atom stereocenters. The Labute approximate surface area is 157 Å². The van der Waals surface area contributed by atoms with Gasteiger partial charge in [0.1, 0.15) is 12.2 Å². The van der Waals surface area contributed by atoms with Gasteiger partial charge in [-0.05, 0) is 31.5 Å². The van der Waals surface area contributed by atoms with Crippen molar-refractivity contribution in [3.05, 3.63) is 99.7 Å². The second-order valence-corrected chi connectivity index (χ2v) is 6.73. The maximum Gasteiger partial charge on any atom is 0.235 e. The van der Waals surface area contributed by atoms with Gasteiger partial charge < -0.3 is 9.15 Å². The first-order valence-corrected chi connectivity index (χ1v) is 8.93. The predicted molar refractivity (Wildman–Crippen MR) is 108 cm³/mol. The zero-order chi connectivity index (χ0) is 18.8. The maximum atomic E-state index is 13.2. The standard InChI is InChI=1S/C24H20O3/c1-16-7-6-8-18(13-16)15-26-24-22(25)20-14-17(2)11-12-21(20)27-23(24)19-9-4-3-5-10-19/h3-14H,15H2,1-2H3. The van der Waals surface area contributed by atoms with E-state index in [2.05, 4.69) is 6.07 Å². The summed E-state index contributed by atoms with van der Waals surface area (Å²) in [4.78, 5) is 13.2. The third kappa shape index (κ3) is 3.49. The third-order valence-corrected chi connectivity index (χ3v) is 4.51. The summed E-state index contributed by atoms with van der Waals surface area (Å²) in [7, 11) is 0. The van der Waals surface area contributed by atoms with Gasteiger partial charge in [-0.3, -0.25) is 4.79 Å². The van der Waals surface area contributed by atoms with Crippen LogP contribution in [0.5, 0.6) is 5.75 Å². The summed E-state index contributed by atoms with van der Waals surface area (Å²) in [5, 5.41) is 0.536. The Morgan fingerprint density at radius 2 is 1.63 bits per heavy atom. The zero-order valence-electron chi connectivity index (χ0n) is 15.4. The smallest absolute Gasteiger partial charge is 0.235 e. The summed E-state index contributed by atoms with van der Waals surface area (Å²) in [5.74, 6) is 0.713. The normalized spacial score (nSPS) is 10.9. The molecule has 4 rings (SSSR count). The predicted octanol–water partition coefficient (Wildman–Crippen LogP) is 5.66. The van der Waals surface area contributed by atoms with Gasteiger partial charge in [0.25, 0.3) is 0 Å². The molecule has 0 radical (unpaired) electrons. The van der Waals surface area contributed by atoms with Crippen LogP contribution >= 0.6 is 0 Å². The van der Waals surface area contributed by atoms with E-state index in [0.29, 0.717) is 23.3 Å². The van der Waals surface area contributed by atoms with Crippen LogP contribution in [0.25, 0.3) is 22.3 Å². The van der Waals surface area contributed by atoms with Crippen LogP contribution in [-0.4, -0.2) is 0 Å². The van der Waals surface area contributed by atoms with E-state index >= 15 is 0 Å². The summed E-state index contributed by atoms with van der Waals surface area (Å²) in [5.41, 5.74) is 4.40. The first-order valence-electron chi connectivity index (χ1n) is 8.93. The van der Waals surface area contributed by atoms with E-state index in [9.17, 15) is 4.79 Å². The average molecular weight is 356 g/mol. The lowest BCUT2D eigenvalue weighted by molar-refractivity contribution is 0.298. The van der Waals surface area contributed by atoms with Crippen LogP contribution < -0.4 is 10.2 Å². The topological polar surface area (TPSA) is 39.4 Å². The Hall–Kier alpha value is -3.33. The Morgan fingerprint density at radius 1 is 0.852 bits per heavy atom. The summed E-state index contributed by atoms with van der Waals surface area (Å²) < 4.78 is 12.1. The van der Waals surface area contributed by atoms with Crippen LogP contribution in [0, 0.1) is 13.8 Å². The molecule has 0 bridgehead atoms. The molecular formula is C24H20O3. The van der Waals surface area contributed by atoms with Crippen molar-refractivity contribution in [1.29, 1.82) is 0 Å². The van der Waals surface area contributed by atoms with Crippen molar-refractivity contribution in [3.63, 3.8) is 0 Å². The van der Waals surface area contributed by atoms with Gasteiger partial charge in [0.05, 0.1) is 5.39 Å². The van der Waals surface area contributed by atoms with Crippen LogP contribution in [0.1, 0.15) is 16.7 Å². The van der Waals surface area contributed by atoms with E-state index in [0.717, 1.165) is 22.3 Å². The van der Waals surface area contributed by atoms with E-state index < -0.39 is 0 Å². The van der Waals surface area contributed by atoms with Gasteiger partial charge >= 0.3 is 0 Å². The fourth-order valence-corrected chi connectivity index (χ4v) is 3.16. The largest absolute Gasteiger partial charge is 0.481 e. The molecule has 0 saturated carbocycles. The highest BCUT2D eigenvalue weighted by Gasteiger charge is 2.18. The number of ether oxygens (including phenoxy) is 1. The molecule has 3 heteroatoms. The zero-order valence-corrected chi connectivity index (χ0v) is 15.4. The summed E-state index contributed by atoms with van der Waals surface area (Å²) >= 11 is 0. The van der Waals surface area contributed by atoms with E-state index in [1.807, 2.05) is 80.6 Å². The molecule has 3 aromatic carbocycles. The van der Waals surface area contributed by atoms with Crippen molar-refractivity contribution >= 4 is 11.0 Å². The molecule has 0 unspecified atom stereocenters. The number of fused-ring (bicyclic) bond motifs is 1. The molecule has 0 saturated heterocycles. The molecule has 3 nitrogen and oxygen atoms in total. The van der Waals surface area contributed by atoms with E-state index in [4.69, 9.17) is 9.15 Å². The lowest BCUT2D eigenvalue weighted by atomic mass is 10.1. The molecule has 1 aromatic heterocycles. The summed E-state index contributed by atoms with van der Waals surface area (Å²) in [6.07, 6.45) is 0. The van der Waals surface area contributed by atoms with E-state index in [-0.39, 0.29) is 11.2 Å². The van der Waals surface area contributed by atoms with Crippen LogP contribution in [0.2, 0.25) is 0 Å². The van der Waals surface area contributed by atoms with Crippen LogP contribution in [0.15, 0.2) is 82.0 Å². The highest BCUT2D eigenvalue weighted by Crippen LogP contribution is 2.31. The van der Waals surface area contributed by atoms with Crippen molar-refractivity contribution < 1.29 is 9.15 Å². The molecule has 0 spiro atoms. The Bertz CT molecular complexity index is 1160. The first-order chi connectivity index (χ1) is 13.1. The molecule has 27 heavy (non-hydrogen) atoms. The molecule has 1 heterocycles. The van der Waals surface area contributed by atoms with Crippen LogP contribution in [0.3, 0.4) is 0 Å². The molecule has 0 aliphatic carbocycles. The Balaban J connectivity index is 1.85. The van der Waals surface area contributed by atoms with Gasteiger partial charge in [-0.15, -0.1) is 0 Å². The van der Waals surface area contributed by atoms with E-state index in [1.165, 1.54) is 0 Å². The minimum Gasteiger partial charge on any atom is -0.481 e. The second kappa shape index (κ2) is 7.12. The van der Waals surface area contributed by atoms with Gasteiger partial charge in [0, 0.05) is 5.56 Å². The summed E-state index contributed by atoms with van der Waals surface area (Å²) in [6, 6.07) is 23.3. The fourth-order valence-electron chi connectivity index (χ4n) is 3.16. The highest BCUT2D eigenvalue weighted by molar-refractivity contribution is 5.82. The van der Waals surface area contributed by atoms with Crippen molar-refractivity contribution in [2.75, 3.05) is 0 Å². The van der Waals surface area contributed by atoms with Gasteiger partial charge in [-0.1, -0.05) is 71.8 Å². The van der Waals surface area contributed by atoms with Gasteiger partial charge in [-0.2, -0.15) is 0 Å². The maximum absolute atomic E-state index is 13.2. The number of hydrogen-bond acceptors (Lipinski definition) is 3. The molecule has 0 aliphatic rings. The SMILES string of the molecule is Cc1cccc(COc2c(-c3ccccc3)oc3ccc(C)cc3c2=O)c1. The molecule has 0 fully saturated rings. The number of rotatable bonds is 4. The molecule has 0 N–H and O–H groups in total. The summed E-state index contributed by atoms with van der Waals surface area (Å²) in [6.45, 7) is 4.30. The molecule has 4 aromatic rings. The molecule has 0 amide bonds. The molecular weight excluding hydrogens is 336 g/mol. The van der Waals surface area contributed by atoms with Crippen LogP contribution in [0.4, 0.5) is 0 Å². The number of benzene rings is 3. The van der Waals surface area contributed by atoms with Gasteiger partial charge in [0.15, 0.2) is 5.76 Å². The number of aryl methyl sites for hydroxylation is 2. The Kier molecular flexibility index (Phi) is 4.51. The average Bonchev–Trinajstić information content (AvgIpc) is 2.68. The van der Waals surface area contributed by atoms with E-state index in [1.54, 1.807) is 0 Å². The first kappa shape index (κ1) is 17.1. The quantitative estimate of drug-likeness (QED) is 0.474. The molecule has 0 aliphatic heterocycles. The number of hydrogen-bond donors (Lipinski definition) is 0. The molecule has 134 valence electrons. The van der Waals surface area contributed by atoms with Crippen LogP contribution in [-0.2, 0) is 6.61 Å². The highest BCUT2D eigenvalue weighted by atomic mass is 16.5. The van der Waals surface area contributed by atoms with Gasteiger partial charge in [-0.25, -0.2) is 0 Å². The Morgan fingerprint density at radius 3 is 2.41 bits per heavy atom. The van der Waals surface area contributed by atoms with Crippen molar-refractivity contribution in [3.8, 4) is 17.1 Å². The minimum absolute atomic E-state index is 0.147. The van der Waals surface area contributed by atoms with Gasteiger partial charge in [0.2, 0.25) is 11.2 Å². The third-order valence-electron chi connectivity index (χ3n) is 4.51. The minimum atomic E-state index is -0.147. The monoisotopic (exact) mass is 356 g/mol. The lowest BCUT2D eigenvalue weighted by Gasteiger charge is -2.12. The second-order valence-electron chi connectivity index (χ2n) is 6.73.